The maximum absolute atomic E-state index is 14.5. The van der Waals surface area contributed by atoms with E-state index in [1.807, 2.05) is 0 Å². The molecule has 20 heavy (non-hydrogen) atoms. The highest BCUT2D eigenvalue weighted by atomic mass is 79.9. The zero-order valence-electron chi connectivity index (χ0n) is 11.3. The molecular formula is C14H19BrFN3O. The molecule has 2 rings (SSSR count). The van der Waals surface area contributed by atoms with Crippen LogP contribution in [0.4, 0.5) is 10.1 Å². The van der Waals surface area contributed by atoms with Gasteiger partial charge in [0.1, 0.15) is 0 Å². The first-order valence-corrected chi connectivity index (χ1v) is 7.65. The third-order valence-electron chi connectivity index (χ3n) is 3.64. The number of nitrogens with zero attached hydrogens (tertiary/aromatic N) is 2. The third-order valence-corrected chi connectivity index (χ3v) is 4.42. The standard InChI is InChI=1S/C14H19BrFN3O/c15-12-10(14(17)18-20)6-7-11(13(12)16)19-8-4-2-1-3-5-9-19/h6-7,20H,1-5,8-9H2,(H2,17,18). The van der Waals surface area contributed by atoms with E-state index in [9.17, 15) is 4.39 Å². The van der Waals surface area contributed by atoms with E-state index in [0.29, 0.717) is 11.3 Å². The molecule has 1 saturated heterocycles. The number of nitrogens with two attached hydrogens (primary N) is 1. The summed E-state index contributed by atoms with van der Waals surface area (Å²) in [7, 11) is 0. The van der Waals surface area contributed by atoms with Gasteiger partial charge in [0.25, 0.3) is 0 Å². The first-order valence-electron chi connectivity index (χ1n) is 6.86. The monoisotopic (exact) mass is 343 g/mol. The molecule has 0 unspecified atom stereocenters. The summed E-state index contributed by atoms with van der Waals surface area (Å²) in [5.41, 5.74) is 6.47. The number of hydrogen-bond acceptors (Lipinski definition) is 3. The molecule has 4 nitrogen and oxygen atoms in total. The Morgan fingerprint density at radius 1 is 1.20 bits per heavy atom. The zero-order valence-corrected chi connectivity index (χ0v) is 12.9. The fourth-order valence-electron chi connectivity index (χ4n) is 2.52. The minimum absolute atomic E-state index is 0.102. The van der Waals surface area contributed by atoms with E-state index < -0.39 is 0 Å². The van der Waals surface area contributed by atoms with Gasteiger partial charge in [0.05, 0.1) is 10.2 Å². The minimum Gasteiger partial charge on any atom is -0.409 e. The van der Waals surface area contributed by atoms with Gasteiger partial charge in [-0.25, -0.2) is 4.39 Å². The second-order valence-electron chi connectivity index (χ2n) is 5.00. The van der Waals surface area contributed by atoms with Gasteiger partial charge in [-0.05, 0) is 40.9 Å². The number of oxime groups is 1. The van der Waals surface area contributed by atoms with Crippen molar-refractivity contribution in [1.29, 1.82) is 0 Å². The second kappa shape index (κ2) is 6.92. The Bertz CT molecular complexity index is 499. The van der Waals surface area contributed by atoms with Gasteiger partial charge in [0, 0.05) is 18.7 Å². The topological polar surface area (TPSA) is 61.9 Å². The van der Waals surface area contributed by atoms with Gasteiger partial charge in [-0.1, -0.05) is 24.4 Å². The molecule has 3 N–H and O–H groups in total. The number of rotatable bonds is 2. The largest absolute Gasteiger partial charge is 0.409 e. The van der Waals surface area contributed by atoms with Crippen LogP contribution < -0.4 is 10.6 Å². The molecule has 0 amide bonds. The van der Waals surface area contributed by atoms with E-state index in [1.54, 1.807) is 12.1 Å². The van der Waals surface area contributed by atoms with Crippen LogP contribution in [-0.4, -0.2) is 24.1 Å². The molecule has 0 aromatic heterocycles. The predicted molar refractivity (Wildman–Crippen MR) is 81.9 cm³/mol. The quantitative estimate of drug-likeness (QED) is 0.374. The molecule has 1 aromatic rings. The van der Waals surface area contributed by atoms with Gasteiger partial charge in [0.15, 0.2) is 11.7 Å². The van der Waals surface area contributed by atoms with E-state index in [1.165, 1.54) is 19.3 Å². The molecule has 0 aliphatic carbocycles. The van der Waals surface area contributed by atoms with Crippen LogP contribution in [0.5, 0.6) is 0 Å². The van der Waals surface area contributed by atoms with E-state index in [2.05, 4.69) is 26.0 Å². The molecule has 110 valence electrons. The number of anilines is 1. The molecule has 1 aliphatic heterocycles. The Balaban J connectivity index is 2.30. The van der Waals surface area contributed by atoms with Crippen LogP contribution in [0.15, 0.2) is 21.8 Å². The maximum atomic E-state index is 14.5. The van der Waals surface area contributed by atoms with E-state index in [4.69, 9.17) is 10.9 Å². The van der Waals surface area contributed by atoms with Crippen molar-refractivity contribution in [2.75, 3.05) is 18.0 Å². The maximum Gasteiger partial charge on any atom is 0.171 e. The van der Waals surface area contributed by atoms with Crippen LogP contribution in [0.25, 0.3) is 0 Å². The highest BCUT2D eigenvalue weighted by Gasteiger charge is 2.18. The first kappa shape index (κ1) is 15.1. The Labute approximate surface area is 126 Å². The summed E-state index contributed by atoms with van der Waals surface area (Å²) in [6, 6.07) is 3.38. The van der Waals surface area contributed by atoms with Crippen LogP contribution in [0, 0.1) is 5.82 Å². The van der Waals surface area contributed by atoms with Crippen LogP contribution >= 0.6 is 15.9 Å². The molecular weight excluding hydrogens is 325 g/mol. The summed E-state index contributed by atoms with van der Waals surface area (Å²) in [4.78, 5) is 2.08. The Morgan fingerprint density at radius 3 is 2.40 bits per heavy atom. The first-order chi connectivity index (χ1) is 9.65. The zero-order chi connectivity index (χ0) is 14.5. The molecule has 1 aromatic carbocycles. The average Bonchev–Trinajstić information content (AvgIpc) is 2.41. The van der Waals surface area contributed by atoms with Crippen molar-refractivity contribution in [3.63, 3.8) is 0 Å². The van der Waals surface area contributed by atoms with Crippen molar-refractivity contribution in [1.82, 2.24) is 0 Å². The normalized spacial score (nSPS) is 17.7. The van der Waals surface area contributed by atoms with Gasteiger partial charge >= 0.3 is 0 Å². The second-order valence-corrected chi connectivity index (χ2v) is 5.79. The van der Waals surface area contributed by atoms with Gasteiger partial charge in [-0.15, -0.1) is 0 Å². The summed E-state index contributed by atoms with van der Waals surface area (Å²) in [5, 5.41) is 11.6. The van der Waals surface area contributed by atoms with Gasteiger partial charge in [-0.2, -0.15) is 0 Å². The molecule has 6 heteroatoms. The minimum atomic E-state index is -0.352. The van der Waals surface area contributed by atoms with Gasteiger partial charge < -0.3 is 15.8 Å². The molecule has 0 bridgehead atoms. The molecule has 1 heterocycles. The van der Waals surface area contributed by atoms with Crippen molar-refractivity contribution in [3.05, 3.63) is 28.0 Å². The summed E-state index contributed by atoms with van der Waals surface area (Å²) in [6.45, 7) is 1.73. The lowest BCUT2D eigenvalue weighted by Crippen LogP contribution is -2.28. The van der Waals surface area contributed by atoms with E-state index in [-0.39, 0.29) is 16.1 Å². The SMILES string of the molecule is N/C(=N/O)c1ccc(N2CCCCCCC2)c(F)c1Br. The molecule has 1 aliphatic rings. The highest BCUT2D eigenvalue weighted by molar-refractivity contribution is 9.10. The Morgan fingerprint density at radius 2 is 1.80 bits per heavy atom. The predicted octanol–water partition coefficient (Wildman–Crippen LogP) is 3.45. The van der Waals surface area contributed by atoms with E-state index in [0.717, 1.165) is 25.9 Å². The Hall–Kier alpha value is -1.30. The summed E-state index contributed by atoms with van der Waals surface area (Å²) >= 11 is 3.20. The van der Waals surface area contributed by atoms with Crippen molar-refractivity contribution in [2.24, 2.45) is 10.9 Å². The molecule has 0 saturated carbocycles. The van der Waals surface area contributed by atoms with Crippen LogP contribution in [0.2, 0.25) is 0 Å². The van der Waals surface area contributed by atoms with Gasteiger partial charge in [0.2, 0.25) is 0 Å². The Kier molecular flexibility index (Phi) is 5.23. The van der Waals surface area contributed by atoms with Crippen LogP contribution in [0.3, 0.4) is 0 Å². The van der Waals surface area contributed by atoms with Crippen LogP contribution in [-0.2, 0) is 0 Å². The summed E-state index contributed by atoms with van der Waals surface area (Å²) in [5.74, 6) is -0.454. The summed E-state index contributed by atoms with van der Waals surface area (Å²) in [6.07, 6.45) is 5.82. The third kappa shape index (κ3) is 3.23. The van der Waals surface area contributed by atoms with E-state index >= 15 is 0 Å². The number of amidine groups is 1. The molecule has 0 spiro atoms. The van der Waals surface area contributed by atoms with Crippen molar-refractivity contribution < 1.29 is 9.60 Å². The lowest BCUT2D eigenvalue weighted by Gasteiger charge is -2.27. The smallest absolute Gasteiger partial charge is 0.171 e. The molecule has 0 radical (unpaired) electrons. The molecule has 0 atom stereocenters. The van der Waals surface area contributed by atoms with Crippen LogP contribution in [0.1, 0.15) is 37.7 Å². The summed E-state index contributed by atoms with van der Waals surface area (Å²) < 4.78 is 14.7. The van der Waals surface area contributed by atoms with Crippen molar-refractivity contribution in [2.45, 2.75) is 32.1 Å². The lowest BCUT2D eigenvalue weighted by atomic mass is 10.1. The highest BCUT2D eigenvalue weighted by Crippen LogP contribution is 2.30. The fourth-order valence-corrected chi connectivity index (χ4v) is 3.06. The van der Waals surface area contributed by atoms with Gasteiger partial charge in [-0.3, -0.25) is 0 Å². The lowest BCUT2D eigenvalue weighted by molar-refractivity contribution is 0.318. The van der Waals surface area contributed by atoms with Crippen molar-refractivity contribution in [3.8, 4) is 0 Å². The number of halogens is 2. The average molecular weight is 344 g/mol. The molecule has 1 fully saturated rings. The van der Waals surface area contributed by atoms with Crippen molar-refractivity contribution >= 4 is 27.5 Å². The fraction of sp³-hybridized carbons (Fsp3) is 0.500. The number of benzene rings is 1. The number of hydrogen-bond donors (Lipinski definition) is 2.